The number of ether oxygens (including phenoxy) is 1. The van der Waals surface area contributed by atoms with Crippen LogP contribution in [0.2, 0.25) is 0 Å². The number of anilines is 1. The molecule has 5 heteroatoms. The van der Waals surface area contributed by atoms with Crippen molar-refractivity contribution in [1.29, 1.82) is 0 Å². The Balaban J connectivity index is 1.68. The van der Waals surface area contributed by atoms with Gasteiger partial charge in [-0.25, -0.2) is 4.98 Å². The van der Waals surface area contributed by atoms with E-state index in [1.807, 2.05) is 0 Å². The molecule has 2 aliphatic rings. The summed E-state index contributed by atoms with van der Waals surface area (Å²) < 4.78 is 5.09. The molecule has 0 atom stereocenters. The van der Waals surface area contributed by atoms with Gasteiger partial charge in [0.1, 0.15) is 0 Å². The lowest BCUT2D eigenvalue weighted by atomic mass is 9.98. The molecule has 3 rings (SSSR count). The van der Waals surface area contributed by atoms with Gasteiger partial charge in [0, 0.05) is 6.54 Å². The van der Waals surface area contributed by atoms with Gasteiger partial charge in [0.05, 0.1) is 13.4 Å². The van der Waals surface area contributed by atoms with Gasteiger partial charge < -0.3 is 15.0 Å². The number of methoxy groups -OCH3 is 1. The third-order valence-corrected chi connectivity index (χ3v) is 3.97. The second-order valence-corrected chi connectivity index (χ2v) is 5.33. The van der Waals surface area contributed by atoms with E-state index in [1.54, 1.807) is 0 Å². The molecule has 0 radical (unpaired) electrons. The number of rotatable bonds is 6. The maximum atomic E-state index is 11.5. The van der Waals surface area contributed by atoms with E-state index < -0.39 is 0 Å². The molecule has 5 nitrogen and oxygen atoms in total. The summed E-state index contributed by atoms with van der Waals surface area (Å²) in [6.45, 7) is 0.905. The maximum absolute atomic E-state index is 11.5. The normalized spacial score (nSPS) is 19.0. The van der Waals surface area contributed by atoms with Crippen LogP contribution in [0.1, 0.15) is 25.7 Å². The number of nitrogens with zero attached hydrogens (tertiary/aromatic N) is 1. The molecule has 2 saturated carbocycles. The average Bonchev–Trinajstić information content (AvgIpc) is 3.24. The fraction of sp³-hybridized carbons (Fsp3) is 0.692. The summed E-state index contributed by atoms with van der Waals surface area (Å²) in [6, 6.07) is 0. The van der Waals surface area contributed by atoms with Gasteiger partial charge in [-0.05, 0) is 43.4 Å². The minimum atomic E-state index is -0.232. The second-order valence-electron chi connectivity index (χ2n) is 5.33. The predicted molar refractivity (Wildman–Crippen MR) is 68.8 cm³/mol. The zero-order valence-corrected chi connectivity index (χ0v) is 10.6. The van der Waals surface area contributed by atoms with Crippen LogP contribution in [-0.4, -0.2) is 23.6 Å². The highest BCUT2D eigenvalue weighted by molar-refractivity contribution is 5.47. The fourth-order valence-corrected chi connectivity index (χ4v) is 2.68. The third kappa shape index (κ3) is 2.35. The van der Waals surface area contributed by atoms with Crippen LogP contribution in [0.3, 0.4) is 0 Å². The van der Waals surface area contributed by atoms with Crippen molar-refractivity contribution in [3.63, 3.8) is 0 Å². The van der Waals surface area contributed by atoms with Gasteiger partial charge in [0.25, 0.3) is 5.56 Å². The van der Waals surface area contributed by atoms with Gasteiger partial charge >= 0.3 is 0 Å². The van der Waals surface area contributed by atoms with Crippen molar-refractivity contribution >= 4 is 5.82 Å². The average molecular weight is 249 g/mol. The molecule has 0 aliphatic heterocycles. The smallest absolute Gasteiger partial charge is 0.295 e. The van der Waals surface area contributed by atoms with Crippen molar-refractivity contribution in [2.45, 2.75) is 25.7 Å². The monoisotopic (exact) mass is 249 g/mol. The lowest BCUT2D eigenvalue weighted by Gasteiger charge is -2.17. The minimum absolute atomic E-state index is 0.232. The molecule has 1 aromatic rings. The molecule has 0 saturated heterocycles. The van der Waals surface area contributed by atoms with E-state index in [0.29, 0.717) is 5.82 Å². The predicted octanol–water partition coefficient (Wildman–Crippen LogP) is 1.63. The van der Waals surface area contributed by atoms with E-state index in [4.69, 9.17) is 4.74 Å². The van der Waals surface area contributed by atoms with Crippen molar-refractivity contribution in [3.05, 3.63) is 16.7 Å². The van der Waals surface area contributed by atoms with E-state index in [9.17, 15) is 4.79 Å². The molecule has 0 aromatic carbocycles. The Kier molecular flexibility index (Phi) is 2.97. The van der Waals surface area contributed by atoms with Crippen LogP contribution < -0.4 is 15.6 Å². The molecule has 2 fully saturated rings. The van der Waals surface area contributed by atoms with Crippen molar-refractivity contribution in [2.75, 3.05) is 19.0 Å². The molecule has 18 heavy (non-hydrogen) atoms. The number of nitrogens with one attached hydrogen (secondary N) is 2. The number of aromatic nitrogens is 2. The molecule has 0 amide bonds. The summed E-state index contributed by atoms with van der Waals surface area (Å²) in [5.41, 5.74) is -0.232. The molecule has 0 unspecified atom stereocenters. The first-order valence-electron chi connectivity index (χ1n) is 6.65. The number of aromatic amines is 1. The fourth-order valence-electron chi connectivity index (χ4n) is 2.68. The van der Waals surface area contributed by atoms with E-state index in [1.165, 1.54) is 39.1 Å². The molecule has 0 spiro atoms. The van der Waals surface area contributed by atoms with Crippen LogP contribution in [0.4, 0.5) is 5.82 Å². The van der Waals surface area contributed by atoms with Gasteiger partial charge in [-0.2, -0.15) is 0 Å². The summed E-state index contributed by atoms with van der Waals surface area (Å²) in [7, 11) is 1.50. The number of hydrogen-bond acceptors (Lipinski definition) is 4. The van der Waals surface area contributed by atoms with Crippen LogP contribution in [0.25, 0.3) is 0 Å². The zero-order valence-electron chi connectivity index (χ0n) is 10.6. The van der Waals surface area contributed by atoms with Crippen molar-refractivity contribution in [3.8, 4) is 5.75 Å². The molecule has 1 aromatic heterocycles. The van der Waals surface area contributed by atoms with Gasteiger partial charge in [-0.15, -0.1) is 0 Å². The molecular formula is C13H19N3O2. The van der Waals surface area contributed by atoms with Gasteiger partial charge in [-0.1, -0.05) is 0 Å². The molecule has 2 aliphatic carbocycles. The zero-order chi connectivity index (χ0) is 12.5. The van der Waals surface area contributed by atoms with Crippen molar-refractivity contribution < 1.29 is 4.74 Å². The summed E-state index contributed by atoms with van der Waals surface area (Å²) in [5, 5.41) is 3.29. The highest BCUT2D eigenvalue weighted by Gasteiger charge is 2.41. The van der Waals surface area contributed by atoms with E-state index in [2.05, 4.69) is 15.3 Å². The van der Waals surface area contributed by atoms with E-state index >= 15 is 0 Å². The van der Waals surface area contributed by atoms with Crippen LogP contribution in [0, 0.1) is 17.8 Å². The highest BCUT2D eigenvalue weighted by Crippen LogP contribution is 2.49. The highest BCUT2D eigenvalue weighted by atomic mass is 16.5. The largest absolute Gasteiger partial charge is 0.489 e. The summed E-state index contributed by atoms with van der Waals surface area (Å²) in [6.07, 6.45) is 6.87. The number of hydrogen-bond donors (Lipinski definition) is 2. The quantitative estimate of drug-likeness (QED) is 0.804. The Labute approximate surface area is 106 Å². The van der Waals surface area contributed by atoms with Crippen LogP contribution in [0.15, 0.2) is 11.1 Å². The van der Waals surface area contributed by atoms with Gasteiger partial charge in [0.15, 0.2) is 5.82 Å². The Hall–Kier alpha value is -1.52. The van der Waals surface area contributed by atoms with Crippen molar-refractivity contribution in [2.24, 2.45) is 17.8 Å². The summed E-state index contributed by atoms with van der Waals surface area (Å²) in [5.74, 6) is 3.36. The lowest BCUT2D eigenvalue weighted by molar-refractivity contribution is 0.403. The standard InChI is InChI=1S/C13H19N3O2/c1-18-11-12(15-7-16-13(11)17)14-6-10(8-2-3-8)9-4-5-9/h7-10H,2-6H2,1H3,(H2,14,15,16,17). The SMILES string of the molecule is COc1c(NCC(C2CC2)C2CC2)nc[nH]c1=O. The molecular weight excluding hydrogens is 230 g/mol. The second kappa shape index (κ2) is 4.63. The van der Waals surface area contributed by atoms with Crippen molar-refractivity contribution in [1.82, 2.24) is 9.97 Å². The molecule has 1 heterocycles. The summed E-state index contributed by atoms with van der Waals surface area (Å²) >= 11 is 0. The topological polar surface area (TPSA) is 67.0 Å². The van der Waals surface area contributed by atoms with Crippen LogP contribution >= 0.6 is 0 Å². The Morgan fingerprint density at radius 2 is 2.11 bits per heavy atom. The molecule has 98 valence electrons. The maximum Gasteiger partial charge on any atom is 0.295 e. The van der Waals surface area contributed by atoms with Gasteiger partial charge in [0.2, 0.25) is 5.75 Å². The van der Waals surface area contributed by atoms with Gasteiger partial charge in [-0.3, -0.25) is 4.79 Å². The number of H-pyrrole nitrogens is 1. The first kappa shape index (κ1) is 11.6. The Morgan fingerprint density at radius 1 is 1.44 bits per heavy atom. The Morgan fingerprint density at radius 3 is 2.67 bits per heavy atom. The molecule has 0 bridgehead atoms. The summed E-state index contributed by atoms with van der Waals surface area (Å²) in [4.78, 5) is 18.2. The van der Waals surface area contributed by atoms with Crippen LogP contribution in [0.5, 0.6) is 5.75 Å². The minimum Gasteiger partial charge on any atom is -0.489 e. The van der Waals surface area contributed by atoms with E-state index in [0.717, 1.165) is 24.3 Å². The third-order valence-electron chi connectivity index (χ3n) is 3.97. The van der Waals surface area contributed by atoms with Crippen LogP contribution in [-0.2, 0) is 0 Å². The first-order chi connectivity index (χ1) is 8.79. The lowest BCUT2D eigenvalue weighted by Crippen LogP contribution is -2.21. The Bertz CT molecular complexity index is 465. The molecule has 2 N–H and O–H groups in total. The van der Waals surface area contributed by atoms with E-state index in [-0.39, 0.29) is 11.3 Å². The first-order valence-corrected chi connectivity index (χ1v) is 6.65.